The first kappa shape index (κ1) is 18.3. The van der Waals surface area contributed by atoms with Crippen LogP contribution in [0.5, 0.6) is 5.75 Å². The molecule has 26 heavy (non-hydrogen) atoms. The van der Waals surface area contributed by atoms with E-state index < -0.39 is 0 Å². The van der Waals surface area contributed by atoms with E-state index in [4.69, 9.17) is 36.9 Å². The van der Waals surface area contributed by atoms with Crippen LogP contribution in [0.15, 0.2) is 45.5 Å². The quantitative estimate of drug-likeness (QED) is 0.603. The fourth-order valence-electron chi connectivity index (χ4n) is 2.14. The first-order valence-electron chi connectivity index (χ1n) is 7.71. The Hall–Kier alpha value is -2.51. The highest BCUT2D eigenvalue weighted by molar-refractivity contribution is 6.35. The van der Waals surface area contributed by atoms with Crippen molar-refractivity contribution in [3.8, 4) is 5.75 Å². The van der Waals surface area contributed by atoms with Gasteiger partial charge in [-0.25, -0.2) is 0 Å². The number of furan rings is 1. The molecule has 0 spiro atoms. The molecule has 136 valence electrons. The van der Waals surface area contributed by atoms with E-state index in [0.29, 0.717) is 40.5 Å². The molecule has 1 amide bonds. The van der Waals surface area contributed by atoms with Crippen LogP contribution in [-0.4, -0.2) is 34.5 Å². The number of hydrogen-bond donors (Lipinski definition) is 0. The molecule has 9 heteroatoms. The summed E-state index contributed by atoms with van der Waals surface area (Å²) in [7, 11) is 1.68. The molecule has 0 fully saturated rings. The minimum atomic E-state index is -0.209. The van der Waals surface area contributed by atoms with Crippen molar-refractivity contribution in [3.63, 3.8) is 0 Å². The molecule has 0 aliphatic rings. The molecular formula is C17H15Cl2N3O4. The van der Waals surface area contributed by atoms with E-state index >= 15 is 0 Å². The van der Waals surface area contributed by atoms with Crippen LogP contribution < -0.4 is 4.74 Å². The lowest BCUT2D eigenvalue weighted by Crippen LogP contribution is -2.28. The topological polar surface area (TPSA) is 81.6 Å². The van der Waals surface area contributed by atoms with Gasteiger partial charge in [-0.2, -0.15) is 4.98 Å². The lowest BCUT2D eigenvalue weighted by atomic mass is 10.3. The van der Waals surface area contributed by atoms with Crippen LogP contribution in [0.3, 0.4) is 0 Å². The number of aromatic nitrogens is 2. The number of carbonyl (C=O) groups excluding carboxylic acids is 1. The van der Waals surface area contributed by atoms with Crippen molar-refractivity contribution >= 4 is 29.1 Å². The summed E-state index contributed by atoms with van der Waals surface area (Å²) < 4.78 is 15.8. The molecule has 0 aliphatic heterocycles. The Balaban J connectivity index is 1.50. The van der Waals surface area contributed by atoms with Crippen LogP contribution in [0, 0.1) is 0 Å². The van der Waals surface area contributed by atoms with Gasteiger partial charge in [-0.05, 0) is 30.3 Å². The van der Waals surface area contributed by atoms with Crippen molar-refractivity contribution in [1.29, 1.82) is 0 Å². The molecule has 0 radical (unpaired) electrons. The predicted molar refractivity (Wildman–Crippen MR) is 94.5 cm³/mol. The molecule has 0 N–H and O–H groups in total. The third kappa shape index (κ3) is 4.56. The second-order valence-corrected chi connectivity index (χ2v) is 6.27. The Morgan fingerprint density at radius 1 is 1.31 bits per heavy atom. The Morgan fingerprint density at radius 2 is 2.15 bits per heavy atom. The molecule has 7 nitrogen and oxygen atoms in total. The monoisotopic (exact) mass is 395 g/mol. The molecular weight excluding hydrogens is 381 g/mol. The summed E-state index contributed by atoms with van der Waals surface area (Å²) >= 11 is 11.9. The molecule has 3 rings (SSSR count). The highest BCUT2D eigenvalue weighted by Crippen LogP contribution is 2.28. The van der Waals surface area contributed by atoms with Crippen molar-refractivity contribution < 1.29 is 18.5 Å². The van der Waals surface area contributed by atoms with Gasteiger partial charge in [0, 0.05) is 25.0 Å². The summed E-state index contributed by atoms with van der Waals surface area (Å²) in [5.41, 5.74) is 0. The van der Waals surface area contributed by atoms with E-state index in [1.807, 2.05) is 0 Å². The maximum atomic E-state index is 12.1. The zero-order chi connectivity index (χ0) is 18.5. The zero-order valence-electron chi connectivity index (χ0n) is 13.8. The SMILES string of the molecule is CN(CCc1noc(COc2ccc(Cl)cc2Cl)n1)C(=O)c1ccco1. The van der Waals surface area contributed by atoms with Crippen molar-refractivity contribution in [2.45, 2.75) is 13.0 Å². The Labute approximate surface area is 159 Å². The van der Waals surface area contributed by atoms with E-state index in [1.54, 1.807) is 37.4 Å². The highest BCUT2D eigenvalue weighted by Gasteiger charge is 2.15. The van der Waals surface area contributed by atoms with Gasteiger partial charge in [-0.1, -0.05) is 28.4 Å². The van der Waals surface area contributed by atoms with E-state index in [2.05, 4.69) is 10.1 Å². The summed E-state index contributed by atoms with van der Waals surface area (Å²) in [4.78, 5) is 17.8. The highest BCUT2D eigenvalue weighted by atomic mass is 35.5. The number of nitrogens with zero attached hydrogens (tertiary/aromatic N) is 3. The van der Waals surface area contributed by atoms with Gasteiger partial charge in [-0.15, -0.1) is 0 Å². The fourth-order valence-corrected chi connectivity index (χ4v) is 2.60. The van der Waals surface area contributed by atoms with Crippen LogP contribution in [0.1, 0.15) is 22.3 Å². The summed E-state index contributed by atoms with van der Waals surface area (Å²) in [5.74, 6) is 1.34. The largest absolute Gasteiger partial charge is 0.482 e. The van der Waals surface area contributed by atoms with Crippen molar-refractivity contribution in [2.75, 3.05) is 13.6 Å². The maximum absolute atomic E-state index is 12.1. The molecule has 2 heterocycles. The summed E-state index contributed by atoms with van der Waals surface area (Å²) in [6, 6.07) is 8.21. The lowest BCUT2D eigenvalue weighted by molar-refractivity contribution is 0.0764. The van der Waals surface area contributed by atoms with Crippen LogP contribution in [0.25, 0.3) is 0 Å². The number of amides is 1. The summed E-state index contributed by atoms with van der Waals surface area (Å²) in [5, 5.41) is 4.80. The minimum absolute atomic E-state index is 0.0789. The third-order valence-corrected chi connectivity index (χ3v) is 4.04. The van der Waals surface area contributed by atoms with Gasteiger partial charge in [0.05, 0.1) is 11.3 Å². The molecule has 0 saturated heterocycles. The van der Waals surface area contributed by atoms with Gasteiger partial charge in [0.15, 0.2) is 18.2 Å². The Bertz CT molecular complexity index is 880. The molecule has 0 atom stereocenters. The lowest BCUT2D eigenvalue weighted by Gasteiger charge is -2.14. The van der Waals surface area contributed by atoms with Gasteiger partial charge in [0.25, 0.3) is 11.8 Å². The zero-order valence-corrected chi connectivity index (χ0v) is 15.3. The van der Waals surface area contributed by atoms with Crippen molar-refractivity contribution in [3.05, 3.63) is 64.1 Å². The first-order chi connectivity index (χ1) is 12.5. The average Bonchev–Trinajstić information content (AvgIpc) is 3.30. The van der Waals surface area contributed by atoms with Crippen LogP contribution in [0.2, 0.25) is 10.0 Å². The molecule has 0 unspecified atom stereocenters. The number of carbonyl (C=O) groups is 1. The average molecular weight is 396 g/mol. The van der Waals surface area contributed by atoms with E-state index in [0.717, 1.165) is 0 Å². The standard InChI is InChI=1S/C17H15Cl2N3O4/c1-22(17(23)14-3-2-8-24-14)7-6-15-20-16(26-21-15)10-25-13-5-4-11(18)9-12(13)19/h2-5,8-9H,6-7,10H2,1H3. The van der Waals surface area contributed by atoms with Crippen LogP contribution in [-0.2, 0) is 13.0 Å². The summed E-state index contributed by atoms with van der Waals surface area (Å²) in [6.45, 7) is 0.498. The number of likely N-dealkylation sites (N-methyl/N-ethyl adjacent to an activating group) is 1. The number of rotatable bonds is 7. The normalized spacial score (nSPS) is 10.7. The number of halogens is 2. The number of hydrogen-bond acceptors (Lipinski definition) is 6. The van der Waals surface area contributed by atoms with Crippen LogP contribution >= 0.6 is 23.2 Å². The van der Waals surface area contributed by atoms with Crippen molar-refractivity contribution in [1.82, 2.24) is 15.0 Å². The molecule has 1 aromatic carbocycles. The summed E-state index contributed by atoms with van der Waals surface area (Å²) in [6.07, 6.45) is 1.90. The van der Waals surface area contributed by atoms with E-state index in [1.165, 1.54) is 11.2 Å². The predicted octanol–water partition coefficient (Wildman–Crippen LogP) is 3.86. The first-order valence-corrected chi connectivity index (χ1v) is 8.47. The van der Waals surface area contributed by atoms with Crippen molar-refractivity contribution in [2.24, 2.45) is 0 Å². The maximum Gasteiger partial charge on any atom is 0.289 e. The van der Waals surface area contributed by atoms with Gasteiger partial charge >= 0.3 is 0 Å². The number of ether oxygens (including phenoxy) is 1. The van der Waals surface area contributed by atoms with Crippen LogP contribution in [0.4, 0.5) is 0 Å². The molecule has 0 bridgehead atoms. The smallest absolute Gasteiger partial charge is 0.289 e. The Kier molecular flexibility index (Phi) is 5.80. The van der Waals surface area contributed by atoms with E-state index in [9.17, 15) is 4.79 Å². The van der Waals surface area contributed by atoms with Gasteiger partial charge in [-0.3, -0.25) is 4.79 Å². The number of benzene rings is 1. The van der Waals surface area contributed by atoms with Gasteiger partial charge in [0.2, 0.25) is 0 Å². The third-order valence-electron chi connectivity index (χ3n) is 3.50. The molecule has 0 aliphatic carbocycles. The molecule has 3 aromatic rings. The molecule has 0 saturated carbocycles. The van der Waals surface area contributed by atoms with Gasteiger partial charge < -0.3 is 18.6 Å². The Morgan fingerprint density at radius 3 is 2.88 bits per heavy atom. The molecule has 2 aromatic heterocycles. The minimum Gasteiger partial charge on any atom is -0.482 e. The van der Waals surface area contributed by atoms with Gasteiger partial charge in [0.1, 0.15) is 5.75 Å². The second kappa shape index (κ2) is 8.25. The second-order valence-electron chi connectivity index (χ2n) is 5.42. The fraction of sp³-hybridized carbons (Fsp3) is 0.235. The van der Waals surface area contributed by atoms with E-state index in [-0.39, 0.29) is 18.3 Å².